The van der Waals surface area contributed by atoms with Crippen molar-refractivity contribution >= 4 is 21.4 Å². The molecule has 0 aliphatic heterocycles. The minimum Gasteiger partial charge on any atom is -0.325 e. The van der Waals surface area contributed by atoms with Crippen LogP contribution in [-0.2, 0) is 14.6 Å². The Labute approximate surface area is 108 Å². The van der Waals surface area contributed by atoms with E-state index in [1.807, 2.05) is 6.92 Å². The minimum atomic E-state index is -3.33. The van der Waals surface area contributed by atoms with Gasteiger partial charge in [-0.3, -0.25) is 4.79 Å². The molecule has 0 bridgehead atoms. The van der Waals surface area contributed by atoms with Gasteiger partial charge in [-0.1, -0.05) is 19.1 Å². The van der Waals surface area contributed by atoms with Crippen LogP contribution in [0.5, 0.6) is 0 Å². The molecule has 5 nitrogen and oxygen atoms in total. The monoisotopic (exact) mass is 270 g/mol. The number of benzene rings is 1. The van der Waals surface area contributed by atoms with Crippen LogP contribution in [-0.4, -0.2) is 33.7 Å². The Morgan fingerprint density at radius 3 is 2.56 bits per heavy atom. The molecule has 0 aliphatic carbocycles. The van der Waals surface area contributed by atoms with Crippen LogP contribution in [0.25, 0.3) is 0 Å². The average Bonchev–Trinajstić information content (AvgIpc) is 2.28. The maximum Gasteiger partial charge on any atom is 0.225 e. The van der Waals surface area contributed by atoms with Gasteiger partial charge in [0.25, 0.3) is 0 Å². The summed E-state index contributed by atoms with van der Waals surface area (Å²) in [7, 11) is -3.33. The average molecular weight is 270 g/mol. The molecular weight excluding hydrogens is 252 g/mol. The summed E-state index contributed by atoms with van der Waals surface area (Å²) in [6.45, 7) is 3.33. The van der Waals surface area contributed by atoms with Gasteiger partial charge in [0, 0.05) is 19.2 Å². The number of rotatable bonds is 6. The van der Waals surface area contributed by atoms with Crippen molar-refractivity contribution in [1.29, 1.82) is 0 Å². The number of sulfone groups is 1. The van der Waals surface area contributed by atoms with Gasteiger partial charge in [-0.15, -0.1) is 0 Å². The van der Waals surface area contributed by atoms with E-state index >= 15 is 0 Å². The van der Waals surface area contributed by atoms with E-state index in [1.165, 1.54) is 6.07 Å². The van der Waals surface area contributed by atoms with Crippen LogP contribution in [0.15, 0.2) is 29.2 Å². The van der Waals surface area contributed by atoms with E-state index in [0.29, 0.717) is 18.7 Å². The molecule has 0 unspecified atom stereocenters. The largest absolute Gasteiger partial charge is 0.325 e. The van der Waals surface area contributed by atoms with Gasteiger partial charge in [0.2, 0.25) is 5.91 Å². The SMILES string of the molecule is CCNCCC(=O)Nc1ccccc1S(C)(=O)=O. The number of anilines is 1. The lowest BCUT2D eigenvalue weighted by Crippen LogP contribution is -2.22. The standard InChI is InChI=1S/C12H18N2O3S/c1-3-13-9-8-12(15)14-10-6-4-5-7-11(10)18(2,16)17/h4-7,13H,3,8-9H2,1-2H3,(H,14,15). The van der Waals surface area contributed by atoms with Crippen LogP contribution < -0.4 is 10.6 Å². The van der Waals surface area contributed by atoms with Crippen molar-refractivity contribution in [1.82, 2.24) is 5.32 Å². The normalized spacial score (nSPS) is 11.2. The van der Waals surface area contributed by atoms with Gasteiger partial charge >= 0.3 is 0 Å². The van der Waals surface area contributed by atoms with Crippen molar-refractivity contribution in [3.8, 4) is 0 Å². The second-order valence-corrected chi connectivity index (χ2v) is 5.90. The lowest BCUT2D eigenvalue weighted by Gasteiger charge is -2.09. The molecule has 1 amide bonds. The minimum absolute atomic E-state index is 0.141. The maximum atomic E-state index is 11.6. The first-order valence-corrected chi connectivity index (χ1v) is 7.64. The Morgan fingerprint density at radius 2 is 1.94 bits per heavy atom. The van der Waals surface area contributed by atoms with E-state index in [-0.39, 0.29) is 10.8 Å². The summed E-state index contributed by atoms with van der Waals surface area (Å²) in [6.07, 6.45) is 1.43. The van der Waals surface area contributed by atoms with Crippen molar-refractivity contribution in [2.45, 2.75) is 18.2 Å². The molecule has 0 spiro atoms. The highest BCUT2D eigenvalue weighted by Crippen LogP contribution is 2.20. The predicted molar refractivity (Wildman–Crippen MR) is 71.3 cm³/mol. The highest BCUT2D eigenvalue weighted by atomic mass is 32.2. The van der Waals surface area contributed by atoms with Crippen LogP contribution in [0.3, 0.4) is 0 Å². The fourth-order valence-electron chi connectivity index (χ4n) is 1.48. The third-order valence-corrected chi connectivity index (χ3v) is 3.49. The van der Waals surface area contributed by atoms with Gasteiger partial charge in [0.1, 0.15) is 0 Å². The summed E-state index contributed by atoms with van der Waals surface area (Å²) in [5.74, 6) is -0.202. The first-order valence-electron chi connectivity index (χ1n) is 5.74. The van der Waals surface area contributed by atoms with Crippen molar-refractivity contribution in [3.63, 3.8) is 0 Å². The highest BCUT2D eigenvalue weighted by Gasteiger charge is 2.13. The number of hydrogen-bond donors (Lipinski definition) is 2. The van der Waals surface area contributed by atoms with Gasteiger partial charge in [0.05, 0.1) is 10.6 Å². The molecule has 0 fully saturated rings. The molecule has 0 saturated heterocycles. The third-order valence-electron chi connectivity index (χ3n) is 2.34. The Balaban J connectivity index is 2.76. The van der Waals surface area contributed by atoms with Gasteiger partial charge in [-0.2, -0.15) is 0 Å². The molecule has 6 heteroatoms. The summed E-state index contributed by atoms with van der Waals surface area (Å²) < 4.78 is 23.1. The van der Waals surface area contributed by atoms with Crippen molar-refractivity contribution in [3.05, 3.63) is 24.3 Å². The molecular formula is C12H18N2O3S. The molecule has 0 radical (unpaired) electrons. The molecule has 0 aliphatic rings. The van der Waals surface area contributed by atoms with E-state index in [9.17, 15) is 13.2 Å². The fourth-order valence-corrected chi connectivity index (χ4v) is 2.33. The highest BCUT2D eigenvalue weighted by molar-refractivity contribution is 7.90. The predicted octanol–water partition coefficient (Wildman–Crippen LogP) is 1.03. The van der Waals surface area contributed by atoms with E-state index < -0.39 is 9.84 Å². The van der Waals surface area contributed by atoms with E-state index in [0.717, 1.165) is 12.8 Å². The van der Waals surface area contributed by atoms with Crippen LogP contribution in [0.1, 0.15) is 13.3 Å². The summed E-state index contributed by atoms with van der Waals surface area (Å²) in [5, 5.41) is 5.65. The molecule has 1 aromatic carbocycles. The molecule has 0 heterocycles. The Bertz CT molecular complexity index is 512. The van der Waals surface area contributed by atoms with Crippen molar-refractivity contribution in [2.75, 3.05) is 24.7 Å². The number of amides is 1. The molecule has 100 valence electrons. The topological polar surface area (TPSA) is 75.3 Å². The first-order chi connectivity index (χ1) is 8.45. The molecule has 2 N–H and O–H groups in total. The zero-order valence-electron chi connectivity index (χ0n) is 10.6. The number of carbonyl (C=O) groups excluding carboxylic acids is 1. The van der Waals surface area contributed by atoms with Crippen LogP contribution >= 0.6 is 0 Å². The van der Waals surface area contributed by atoms with Gasteiger partial charge < -0.3 is 10.6 Å². The molecule has 0 saturated carbocycles. The van der Waals surface area contributed by atoms with Gasteiger partial charge in [0.15, 0.2) is 9.84 Å². The Kier molecular flexibility index (Phi) is 5.30. The molecule has 0 aromatic heterocycles. The first kappa shape index (κ1) is 14.7. The number of carbonyl (C=O) groups is 1. The lowest BCUT2D eigenvalue weighted by atomic mass is 10.3. The second kappa shape index (κ2) is 6.51. The van der Waals surface area contributed by atoms with Crippen LogP contribution in [0, 0.1) is 0 Å². The third kappa shape index (κ3) is 4.46. The zero-order valence-corrected chi connectivity index (χ0v) is 11.4. The zero-order chi connectivity index (χ0) is 13.6. The van der Waals surface area contributed by atoms with E-state index in [4.69, 9.17) is 0 Å². The molecule has 1 rings (SSSR count). The fraction of sp³-hybridized carbons (Fsp3) is 0.417. The Morgan fingerprint density at radius 1 is 1.28 bits per heavy atom. The van der Waals surface area contributed by atoms with Crippen molar-refractivity contribution < 1.29 is 13.2 Å². The Hall–Kier alpha value is -1.40. The summed E-state index contributed by atoms with van der Waals surface area (Å²) in [6, 6.07) is 6.38. The van der Waals surface area contributed by atoms with Crippen LogP contribution in [0.2, 0.25) is 0 Å². The van der Waals surface area contributed by atoms with E-state index in [1.54, 1.807) is 18.2 Å². The molecule has 1 aromatic rings. The molecule has 0 atom stereocenters. The van der Waals surface area contributed by atoms with Crippen molar-refractivity contribution in [2.24, 2.45) is 0 Å². The maximum absolute atomic E-state index is 11.6. The van der Waals surface area contributed by atoms with Gasteiger partial charge in [-0.05, 0) is 18.7 Å². The summed E-state index contributed by atoms with van der Waals surface area (Å²) in [4.78, 5) is 11.8. The summed E-state index contributed by atoms with van der Waals surface area (Å²) >= 11 is 0. The summed E-state index contributed by atoms with van der Waals surface area (Å²) in [5.41, 5.74) is 0.335. The number of nitrogens with one attached hydrogen (secondary N) is 2. The quantitative estimate of drug-likeness (QED) is 0.757. The smallest absolute Gasteiger partial charge is 0.225 e. The number of hydrogen-bond acceptors (Lipinski definition) is 4. The van der Waals surface area contributed by atoms with Crippen LogP contribution in [0.4, 0.5) is 5.69 Å². The van der Waals surface area contributed by atoms with Gasteiger partial charge in [-0.25, -0.2) is 8.42 Å². The lowest BCUT2D eigenvalue weighted by molar-refractivity contribution is -0.116. The molecule has 18 heavy (non-hydrogen) atoms. The van der Waals surface area contributed by atoms with E-state index in [2.05, 4.69) is 10.6 Å². The number of para-hydroxylation sites is 1. The second-order valence-electron chi connectivity index (χ2n) is 3.92.